The first-order valence-electron chi connectivity index (χ1n) is 13.0. The number of nitrogens with zero attached hydrogens (tertiary/aromatic N) is 7. The number of aryl methyl sites for hydroxylation is 2. The zero-order valence-electron chi connectivity index (χ0n) is 24.3. The van der Waals surface area contributed by atoms with Crippen molar-refractivity contribution in [2.45, 2.75) is 12.5 Å². The van der Waals surface area contributed by atoms with Gasteiger partial charge in [0.1, 0.15) is 11.5 Å². The zero-order chi connectivity index (χ0) is 28.8. The molecule has 3 aromatic heterocycles. The number of halogens is 3. The van der Waals surface area contributed by atoms with E-state index >= 15 is 0 Å². The van der Waals surface area contributed by atoms with E-state index in [1.807, 2.05) is 61.5 Å². The van der Waals surface area contributed by atoms with Crippen LogP contribution in [0.2, 0.25) is 0 Å². The second-order valence-electron chi connectivity index (χ2n) is 10.9. The summed E-state index contributed by atoms with van der Waals surface area (Å²) < 4.78 is 10.4. The van der Waals surface area contributed by atoms with E-state index in [-0.39, 0.29) is 29.9 Å². The van der Waals surface area contributed by atoms with Gasteiger partial charge in [-0.15, -0.1) is 0 Å². The van der Waals surface area contributed by atoms with Gasteiger partial charge in [-0.05, 0) is 31.2 Å². The fourth-order valence-corrected chi connectivity index (χ4v) is 7.18. The SMILES string of the molecule is Cc1c(C2(c3cn(C)c4cc(Br)ccc34)N=C(c3cn(C)c4cc(Br)ccc34)N(C)C2=O)[n+](C)c(N(C)C)n1C.[I-]. The number of aliphatic imine (C=N–C) groups is 1. The molecule has 0 aliphatic carbocycles. The van der Waals surface area contributed by atoms with Crippen molar-refractivity contribution in [3.05, 3.63) is 80.3 Å². The molecule has 1 aliphatic rings. The highest BCUT2D eigenvalue weighted by atomic mass is 127. The normalized spacial score (nSPS) is 17.1. The fraction of sp³-hybridized carbons (Fsp3) is 0.300. The minimum atomic E-state index is -1.29. The highest BCUT2D eigenvalue weighted by Crippen LogP contribution is 2.45. The number of fused-ring (bicyclic) bond motifs is 2. The Morgan fingerprint density at radius 2 is 1.46 bits per heavy atom. The molecule has 0 saturated carbocycles. The molecule has 0 spiro atoms. The van der Waals surface area contributed by atoms with Crippen molar-refractivity contribution < 1.29 is 33.3 Å². The number of aromatic nitrogens is 4. The average Bonchev–Trinajstić information content (AvgIpc) is 3.55. The standard InChI is InChI=1S/C30H32Br2N7O.HI/c1-17-26(38(7)29(34(2)3)37(17)6)30(23-16-36(5)25-14-19(32)10-12-21(23)25)28(40)39(8)27(33-30)22-15-35(4)24-13-18(31)9-11-20(22)24;/h9-16H,1-8H3;1H/q+1;/p-1. The van der Waals surface area contributed by atoms with Gasteiger partial charge >= 0.3 is 5.95 Å². The van der Waals surface area contributed by atoms with Crippen molar-refractivity contribution in [1.82, 2.24) is 18.6 Å². The molecule has 8 nitrogen and oxygen atoms in total. The lowest BCUT2D eigenvalue weighted by Gasteiger charge is -2.24. The van der Waals surface area contributed by atoms with Gasteiger partial charge in [0.25, 0.3) is 5.91 Å². The third-order valence-corrected chi connectivity index (χ3v) is 9.25. The number of amidine groups is 1. The average molecular weight is 793 g/mol. The Morgan fingerprint density at radius 3 is 2.05 bits per heavy atom. The van der Waals surface area contributed by atoms with E-state index < -0.39 is 5.54 Å². The number of hydrogen-bond donors (Lipinski definition) is 0. The lowest BCUT2D eigenvalue weighted by Crippen LogP contribution is -3.00. The number of anilines is 1. The summed E-state index contributed by atoms with van der Waals surface area (Å²) in [5.74, 6) is 1.55. The Balaban J connectivity index is 0.00000337. The maximum atomic E-state index is 14.9. The molecule has 0 bridgehead atoms. The largest absolute Gasteiger partial charge is 1.00 e. The predicted molar refractivity (Wildman–Crippen MR) is 167 cm³/mol. The minimum Gasteiger partial charge on any atom is -1.00 e. The zero-order valence-corrected chi connectivity index (χ0v) is 29.6. The van der Waals surface area contributed by atoms with Gasteiger partial charge in [-0.25, -0.2) is 14.1 Å². The molecule has 5 aromatic rings. The molecule has 1 unspecified atom stereocenters. The summed E-state index contributed by atoms with van der Waals surface area (Å²) in [6, 6.07) is 12.4. The monoisotopic (exact) mass is 791 g/mol. The van der Waals surface area contributed by atoms with Crippen LogP contribution in [0.3, 0.4) is 0 Å². The van der Waals surface area contributed by atoms with Crippen molar-refractivity contribution in [3.63, 3.8) is 0 Å². The van der Waals surface area contributed by atoms with Crippen LogP contribution in [0, 0.1) is 6.92 Å². The first-order valence-corrected chi connectivity index (χ1v) is 14.6. The first kappa shape index (κ1) is 29.8. The number of rotatable bonds is 4. The third kappa shape index (κ3) is 4.13. The van der Waals surface area contributed by atoms with E-state index in [1.165, 1.54) is 0 Å². The van der Waals surface area contributed by atoms with Crippen LogP contribution in [0.4, 0.5) is 5.95 Å². The molecule has 11 heteroatoms. The van der Waals surface area contributed by atoms with Crippen molar-refractivity contribution in [2.75, 3.05) is 26.0 Å². The topological polar surface area (TPSA) is 54.6 Å². The van der Waals surface area contributed by atoms with Crippen LogP contribution in [0.25, 0.3) is 21.8 Å². The van der Waals surface area contributed by atoms with Gasteiger partial charge in [-0.2, -0.15) is 0 Å². The number of amides is 1. The van der Waals surface area contributed by atoms with Gasteiger partial charge in [-0.3, -0.25) is 14.6 Å². The number of carbonyl (C=O) groups excluding carboxylic acids is 1. The van der Waals surface area contributed by atoms with Crippen LogP contribution >= 0.6 is 31.9 Å². The molecule has 1 atom stereocenters. The van der Waals surface area contributed by atoms with E-state index in [0.29, 0.717) is 5.84 Å². The van der Waals surface area contributed by atoms with Gasteiger partial charge in [0, 0.05) is 75.4 Å². The van der Waals surface area contributed by atoms with Crippen LogP contribution in [0.5, 0.6) is 0 Å². The summed E-state index contributed by atoms with van der Waals surface area (Å²) in [7, 11) is 14.0. The van der Waals surface area contributed by atoms with Gasteiger partial charge in [0.05, 0.1) is 28.2 Å². The van der Waals surface area contributed by atoms with Crippen molar-refractivity contribution in [3.8, 4) is 0 Å². The van der Waals surface area contributed by atoms with E-state index in [1.54, 1.807) is 4.90 Å². The second-order valence-corrected chi connectivity index (χ2v) is 12.7. The lowest BCUT2D eigenvalue weighted by atomic mass is 9.85. The minimum absolute atomic E-state index is 0. The van der Waals surface area contributed by atoms with Crippen LogP contribution < -0.4 is 33.4 Å². The molecule has 0 N–H and O–H groups in total. The number of likely N-dealkylation sites (N-methyl/N-ethyl adjacent to an activating group) is 1. The van der Waals surface area contributed by atoms with Gasteiger partial charge in [0.15, 0.2) is 5.69 Å². The maximum absolute atomic E-state index is 14.9. The number of imidazole rings is 1. The molecule has 6 rings (SSSR count). The Labute approximate surface area is 273 Å². The van der Waals surface area contributed by atoms with Gasteiger partial charge in [0.2, 0.25) is 5.54 Å². The number of benzene rings is 2. The summed E-state index contributed by atoms with van der Waals surface area (Å²) in [5, 5.41) is 2.04. The van der Waals surface area contributed by atoms with Gasteiger partial charge in [-0.1, -0.05) is 44.0 Å². The van der Waals surface area contributed by atoms with Crippen molar-refractivity contribution in [2.24, 2.45) is 33.2 Å². The number of carbonyl (C=O) groups is 1. The third-order valence-electron chi connectivity index (χ3n) is 8.27. The summed E-state index contributed by atoms with van der Waals surface area (Å²) >= 11 is 7.23. The van der Waals surface area contributed by atoms with E-state index in [4.69, 9.17) is 4.99 Å². The predicted octanol–water partition coefficient (Wildman–Crippen LogP) is 1.90. The van der Waals surface area contributed by atoms with E-state index in [9.17, 15) is 4.79 Å². The molecule has 1 aliphatic heterocycles. The molecule has 1 amide bonds. The smallest absolute Gasteiger partial charge is 0.359 e. The quantitative estimate of drug-likeness (QED) is 0.207. The summed E-state index contributed by atoms with van der Waals surface area (Å²) in [5.41, 5.74) is 4.42. The first-order chi connectivity index (χ1) is 18.9. The highest BCUT2D eigenvalue weighted by molar-refractivity contribution is 9.10. The molecular weight excluding hydrogens is 761 g/mol. The van der Waals surface area contributed by atoms with Crippen LogP contribution in [-0.4, -0.2) is 51.5 Å². The second kappa shape index (κ2) is 10.3. The Hall–Kier alpha value is -2.64. The molecule has 214 valence electrons. The molecule has 2 aromatic carbocycles. The Bertz CT molecular complexity index is 1920. The lowest BCUT2D eigenvalue weighted by molar-refractivity contribution is -0.667. The van der Waals surface area contributed by atoms with Crippen LogP contribution in [0.15, 0.2) is 62.7 Å². The molecule has 4 heterocycles. The Kier molecular flexibility index (Phi) is 7.47. The highest BCUT2D eigenvalue weighted by Gasteiger charge is 2.57. The molecule has 0 fully saturated rings. The Morgan fingerprint density at radius 1 is 0.902 bits per heavy atom. The molecule has 0 radical (unpaired) electrons. The summed E-state index contributed by atoms with van der Waals surface area (Å²) in [4.78, 5) is 24.2. The van der Waals surface area contributed by atoms with Crippen LogP contribution in [0.1, 0.15) is 22.5 Å². The maximum Gasteiger partial charge on any atom is 0.359 e. The van der Waals surface area contributed by atoms with Crippen LogP contribution in [-0.2, 0) is 38.5 Å². The fourth-order valence-electron chi connectivity index (χ4n) is 6.48. The van der Waals surface area contributed by atoms with Crippen molar-refractivity contribution in [1.29, 1.82) is 0 Å². The molecule has 41 heavy (non-hydrogen) atoms. The molecular formula is C30H32Br2IN7O. The summed E-state index contributed by atoms with van der Waals surface area (Å²) in [6.45, 7) is 2.07. The van der Waals surface area contributed by atoms with Gasteiger partial charge < -0.3 is 33.1 Å². The number of hydrogen-bond acceptors (Lipinski definition) is 3. The van der Waals surface area contributed by atoms with E-state index in [0.717, 1.165) is 59.2 Å². The molecule has 0 saturated heterocycles. The van der Waals surface area contributed by atoms with Crippen molar-refractivity contribution >= 4 is 71.4 Å². The summed E-state index contributed by atoms with van der Waals surface area (Å²) in [6.07, 6.45) is 4.14. The van der Waals surface area contributed by atoms with E-state index in [2.05, 4.69) is 98.6 Å².